The number of aryl methyl sites for hydroxylation is 1. The Bertz CT molecular complexity index is 243. The van der Waals surface area contributed by atoms with Gasteiger partial charge in [0, 0.05) is 12.2 Å². The second kappa shape index (κ2) is 4.10. The Morgan fingerprint density at radius 2 is 2.25 bits per heavy atom. The van der Waals surface area contributed by atoms with Crippen LogP contribution in [0.2, 0.25) is 0 Å². The monoisotopic (exact) mass is 164 g/mol. The van der Waals surface area contributed by atoms with Crippen molar-refractivity contribution in [3.63, 3.8) is 0 Å². The molecule has 0 aliphatic rings. The lowest BCUT2D eigenvalue weighted by molar-refractivity contribution is 0.891. The summed E-state index contributed by atoms with van der Waals surface area (Å²) in [4.78, 5) is 4.08. The minimum Gasteiger partial charge on any atom is -0.381 e. The first-order valence-electron chi connectivity index (χ1n) is 4.43. The molecule has 66 valence electrons. The zero-order valence-electron chi connectivity index (χ0n) is 7.96. The SMILES string of the molecule is CCc1ccncc1NC(C)C. The van der Waals surface area contributed by atoms with Crippen LogP contribution in [-0.2, 0) is 6.42 Å². The highest BCUT2D eigenvalue weighted by atomic mass is 14.9. The number of nitrogens with zero attached hydrogens (tertiary/aromatic N) is 1. The van der Waals surface area contributed by atoms with Gasteiger partial charge >= 0.3 is 0 Å². The van der Waals surface area contributed by atoms with Crippen molar-refractivity contribution in [2.24, 2.45) is 0 Å². The highest BCUT2D eigenvalue weighted by molar-refractivity contribution is 5.49. The summed E-state index contributed by atoms with van der Waals surface area (Å²) >= 11 is 0. The van der Waals surface area contributed by atoms with Gasteiger partial charge in [0.25, 0.3) is 0 Å². The third-order valence-electron chi connectivity index (χ3n) is 1.74. The summed E-state index contributed by atoms with van der Waals surface area (Å²) in [6.07, 6.45) is 4.78. The summed E-state index contributed by atoms with van der Waals surface area (Å²) in [5.41, 5.74) is 2.49. The van der Waals surface area contributed by atoms with Crippen LogP contribution in [0.4, 0.5) is 5.69 Å². The van der Waals surface area contributed by atoms with E-state index >= 15 is 0 Å². The van der Waals surface area contributed by atoms with Gasteiger partial charge in [-0.25, -0.2) is 0 Å². The van der Waals surface area contributed by atoms with Gasteiger partial charge in [-0.2, -0.15) is 0 Å². The van der Waals surface area contributed by atoms with E-state index in [2.05, 4.69) is 37.1 Å². The molecule has 0 aromatic carbocycles. The van der Waals surface area contributed by atoms with Crippen molar-refractivity contribution in [3.05, 3.63) is 24.0 Å². The first kappa shape index (κ1) is 9.04. The molecular weight excluding hydrogens is 148 g/mol. The molecule has 0 fully saturated rings. The van der Waals surface area contributed by atoms with Crippen LogP contribution in [0.5, 0.6) is 0 Å². The van der Waals surface area contributed by atoms with Gasteiger partial charge in [-0.3, -0.25) is 4.98 Å². The largest absolute Gasteiger partial charge is 0.381 e. The molecule has 1 aromatic heterocycles. The predicted octanol–water partition coefficient (Wildman–Crippen LogP) is 2.46. The van der Waals surface area contributed by atoms with Gasteiger partial charge < -0.3 is 5.32 Å². The summed E-state index contributed by atoms with van der Waals surface area (Å²) in [5, 5.41) is 3.36. The summed E-state index contributed by atoms with van der Waals surface area (Å²) in [7, 11) is 0. The Morgan fingerprint density at radius 1 is 1.50 bits per heavy atom. The van der Waals surface area contributed by atoms with E-state index in [9.17, 15) is 0 Å². The molecule has 1 heterocycles. The Morgan fingerprint density at radius 3 is 2.83 bits per heavy atom. The van der Waals surface area contributed by atoms with Gasteiger partial charge in [0.1, 0.15) is 0 Å². The van der Waals surface area contributed by atoms with Gasteiger partial charge in [-0.1, -0.05) is 6.92 Å². The average Bonchev–Trinajstić information content (AvgIpc) is 2.04. The van der Waals surface area contributed by atoms with Crippen LogP contribution in [0.3, 0.4) is 0 Å². The fraction of sp³-hybridized carbons (Fsp3) is 0.500. The molecule has 2 heteroatoms. The molecule has 0 saturated carbocycles. The maximum Gasteiger partial charge on any atom is 0.0561 e. The van der Waals surface area contributed by atoms with Gasteiger partial charge in [0.05, 0.1) is 11.9 Å². The molecule has 0 bridgehead atoms. The lowest BCUT2D eigenvalue weighted by atomic mass is 10.1. The number of pyridine rings is 1. The quantitative estimate of drug-likeness (QED) is 0.742. The highest BCUT2D eigenvalue weighted by Gasteiger charge is 2.00. The first-order valence-corrected chi connectivity index (χ1v) is 4.43. The van der Waals surface area contributed by atoms with Crippen molar-refractivity contribution in [1.82, 2.24) is 4.98 Å². The van der Waals surface area contributed by atoms with Gasteiger partial charge in [-0.05, 0) is 31.9 Å². The zero-order valence-corrected chi connectivity index (χ0v) is 7.96. The van der Waals surface area contributed by atoms with E-state index in [0.29, 0.717) is 6.04 Å². The Hall–Kier alpha value is -1.05. The standard InChI is InChI=1S/C10H16N2/c1-4-9-5-6-11-7-10(9)12-8(2)3/h5-8,12H,4H2,1-3H3. The number of anilines is 1. The summed E-state index contributed by atoms with van der Waals surface area (Å²) in [5.74, 6) is 0. The Labute approximate surface area is 74.0 Å². The summed E-state index contributed by atoms with van der Waals surface area (Å²) in [6.45, 7) is 6.42. The predicted molar refractivity (Wildman–Crippen MR) is 52.4 cm³/mol. The maximum absolute atomic E-state index is 4.08. The fourth-order valence-corrected chi connectivity index (χ4v) is 1.17. The van der Waals surface area contributed by atoms with Gasteiger partial charge in [-0.15, -0.1) is 0 Å². The number of rotatable bonds is 3. The van der Waals surface area contributed by atoms with Crippen molar-refractivity contribution < 1.29 is 0 Å². The van der Waals surface area contributed by atoms with Crippen LogP contribution < -0.4 is 5.32 Å². The summed E-state index contributed by atoms with van der Waals surface area (Å²) in [6, 6.07) is 2.53. The van der Waals surface area contributed by atoms with Crippen molar-refractivity contribution in [3.8, 4) is 0 Å². The van der Waals surface area contributed by atoms with Crippen LogP contribution in [0.15, 0.2) is 18.5 Å². The number of hydrogen-bond acceptors (Lipinski definition) is 2. The molecule has 0 amide bonds. The highest BCUT2D eigenvalue weighted by Crippen LogP contribution is 2.14. The van der Waals surface area contributed by atoms with Crippen LogP contribution in [0.1, 0.15) is 26.3 Å². The zero-order chi connectivity index (χ0) is 8.97. The molecular formula is C10H16N2. The fourth-order valence-electron chi connectivity index (χ4n) is 1.17. The molecule has 0 aliphatic carbocycles. The average molecular weight is 164 g/mol. The Balaban J connectivity index is 2.82. The van der Waals surface area contributed by atoms with Gasteiger partial charge in [0.15, 0.2) is 0 Å². The minimum absolute atomic E-state index is 0.472. The molecule has 1 rings (SSSR count). The van der Waals surface area contributed by atoms with Crippen molar-refractivity contribution >= 4 is 5.69 Å². The van der Waals surface area contributed by atoms with Crippen LogP contribution in [0.25, 0.3) is 0 Å². The molecule has 0 saturated heterocycles. The molecule has 1 aromatic rings. The molecule has 0 spiro atoms. The van der Waals surface area contributed by atoms with E-state index < -0.39 is 0 Å². The minimum atomic E-state index is 0.472. The molecule has 2 nitrogen and oxygen atoms in total. The third-order valence-corrected chi connectivity index (χ3v) is 1.74. The second-order valence-corrected chi connectivity index (χ2v) is 3.19. The van der Waals surface area contributed by atoms with Crippen LogP contribution >= 0.6 is 0 Å². The molecule has 0 unspecified atom stereocenters. The molecule has 0 radical (unpaired) electrons. The lowest BCUT2D eigenvalue weighted by Crippen LogP contribution is -2.11. The van der Waals surface area contributed by atoms with Crippen LogP contribution in [0, 0.1) is 0 Å². The van der Waals surface area contributed by atoms with Crippen molar-refractivity contribution in [2.45, 2.75) is 33.2 Å². The maximum atomic E-state index is 4.08. The van der Waals surface area contributed by atoms with E-state index in [1.807, 2.05) is 12.4 Å². The normalized spacial score (nSPS) is 10.3. The smallest absolute Gasteiger partial charge is 0.0561 e. The molecule has 0 aliphatic heterocycles. The number of aromatic nitrogens is 1. The van der Waals surface area contributed by atoms with Gasteiger partial charge in [0.2, 0.25) is 0 Å². The third kappa shape index (κ3) is 2.22. The topological polar surface area (TPSA) is 24.9 Å². The van der Waals surface area contributed by atoms with E-state index in [1.54, 1.807) is 0 Å². The number of hydrogen-bond donors (Lipinski definition) is 1. The van der Waals surface area contributed by atoms with E-state index in [4.69, 9.17) is 0 Å². The molecule has 12 heavy (non-hydrogen) atoms. The van der Waals surface area contributed by atoms with E-state index in [0.717, 1.165) is 12.1 Å². The Kier molecular flexibility index (Phi) is 3.09. The van der Waals surface area contributed by atoms with Crippen molar-refractivity contribution in [1.29, 1.82) is 0 Å². The van der Waals surface area contributed by atoms with Crippen molar-refractivity contribution in [2.75, 3.05) is 5.32 Å². The number of nitrogens with one attached hydrogen (secondary N) is 1. The second-order valence-electron chi connectivity index (χ2n) is 3.19. The van der Waals surface area contributed by atoms with E-state index in [1.165, 1.54) is 5.56 Å². The lowest BCUT2D eigenvalue weighted by Gasteiger charge is -2.12. The summed E-state index contributed by atoms with van der Waals surface area (Å²) < 4.78 is 0. The molecule has 1 N–H and O–H groups in total. The molecule has 0 atom stereocenters. The first-order chi connectivity index (χ1) is 5.74. The van der Waals surface area contributed by atoms with E-state index in [-0.39, 0.29) is 0 Å². The van der Waals surface area contributed by atoms with Crippen LogP contribution in [-0.4, -0.2) is 11.0 Å².